The molecule has 0 bridgehead atoms. The maximum absolute atomic E-state index is 11.7. The van der Waals surface area contributed by atoms with Gasteiger partial charge in [0.15, 0.2) is 0 Å². The average molecular weight is 280 g/mol. The number of esters is 1. The van der Waals surface area contributed by atoms with Crippen LogP contribution in [0.15, 0.2) is 23.9 Å². The van der Waals surface area contributed by atoms with E-state index >= 15 is 0 Å². The maximum Gasteiger partial charge on any atom is 0.306 e. The van der Waals surface area contributed by atoms with E-state index in [-0.39, 0.29) is 23.9 Å². The predicted molar refractivity (Wildman–Crippen MR) is 77.9 cm³/mol. The number of nitrogens with one attached hydrogen (secondary N) is 1. The van der Waals surface area contributed by atoms with Crippen LogP contribution in [0, 0.1) is 5.92 Å². The third-order valence-electron chi connectivity index (χ3n) is 3.00. The Hall–Kier alpha value is -1.62. The molecule has 1 amide bonds. The Balaban J connectivity index is 2.39. The molecule has 0 radical (unpaired) electrons. The second-order valence-corrected chi connectivity index (χ2v) is 5.38. The lowest BCUT2D eigenvalue weighted by Gasteiger charge is -2.23. The summed E-state index contributed by atoms with van der Waals surface area (Å²) in [7, 11) is 3.96. The molecule has 0 saturated carbocycles. The van der Waals surface area contributed by atoms with Crippen molar-refractivity contribution in [2.24, 2.45) is 5.92 Å². The van der Waals surface area contributed by atoms with Crippen LogP contribution in [-0.2, 0) is 14.3 Å². The van der Waals surface area contributed by atoms with Crippen LogP contribution in [-0.4, -0.2) is 43.5 Å². The number of hydrogen-bond acceptors (Lipinski definition) is 4. The fraction of sp³-hybridized carbons (Fsp3) is 0.600. The maximum atomic E-state index is 11.7. The van der Waals surface area contributed by atoms with E-state index in [9.17, 15) is 9.59 Å². The number of hydrogen-bond donors (Lipinski definition) is 1. The Morgan fingerprint density at radius 1 is 1.40 bits per heavy atom. The molecular weight excluding hydrogens is 256 g/mol. The summed E-state index contributed by atoms with van der Waals surface area (Å²) in [4.78, 5) is 24.7. The molecule has 0 fully saturated rings. The van der Waals surface area contributed by atoms with Gasteiger partial charge in [0.1, 0.15) is 6.10 Å². The van der Waals surface area contributed by atoms with Gasteiger partial charge in [0, 0.05) is 25.0 Å². The SMILES string of the molecule is CC(=O)NC1=CC(C)C(OC(=O)CCCN(C)C)C=C1. The number of rotatable bonds is 6. The quantitative estimate of drug-likeness (QED) is 0.748. The summed E-state index contributed by atoms with van der Waals surface area (Å²) >= 11 is 0. The number of carbonyl (C=O) groups excluding carboxylic acids is 2. The third kappa shape index (κ3) is 6.02. The molecule has 2 unspecified atom stereocenters. The third-order valence-corrected chi connectivity index (χ3v) is 3.00. The van der Waals surface area contributed by atoms with Crippen LogP contribution >= 0.6 is 0 Å². The van der Waals surface area contributed by atoms with E-state index in [1.54, 1.807) is 6.08 Å². The van der Waals surface area contributed by atoms with E-state index in [0.29, 0.717) is 6.42 Å². The van der Waals surface area contributed by atoms with E-state index in [0.717, 1.165) is 18.7 Å². The highest BCUT2D eigenvalue weighted by molar-refractivity contribution is 5.75. The molecule has 0 saturated heterocycles. The van der Waals surface area contributed by atoms with Crippen molar-refractivity contribution in [2.45, 2.75) is 32.8 Å². The molecule has 0 heterocycles. The van der Waals surface area contributed by atoms with Gasteiger partial charge in [-0.1, -0.05) is 13.0 Å². The van der Waals surface area contributed by atoms with E-state index in [2.05, 4.69) is 5.32 Å². The van der Waals surface area contributed by atoms with Crippen molar-refractivity contribution >= 4 is 11.9 Å². The van der Waals surface area contributed by atoms with Gasteiger partial charge in [-0.25, -0.2) is 0 Å². The first-order valence-electron chi connectivity index (χ1n) is 6.90. The summed E-state index contributed by atoms with van der Waals surface area (Å²) in [6, 6.07) is 0. The van der Waals surface area contributed by atoms with Crippen LogP contribution in [0.2, 0.25) is 0 Å². The first-order valence-corrected chi connectivity index (χ1v) is 6.90. The van der Waals surface area contributed by atoms with E-state index < -0.39 is 0 Å². The molecule has 5 nitrogen and oxygen atoms in total. The van der Waals surface area contributed by atoms with Crippen LogP contribution in [0.3, 0.4) is 0 Å². The number of nitrogens with zero attached hydrogens (tertiary/aromatic N) is 1. The van der Waals surface area contributed by atoms with Crippen molar-refractivity contribution in [3.05, 3.63) is 23.9 Å². The van der Waals surface area contributed by atoms with Gasteiger partial charge in [-0.15, -0.1) is 0 Å². The Labute approximate surface area is 120 Å². The Morgan fingerprint density at radius 3 is 2.65 bits per heavy atom. The summed E-state index contributed by atoms with van der Waals surface area (Å²) in [5, 5.41) is 2.72. The molecule has 20 heavy (non-hydrogen) atoms. The Bertz CT molecular complexity index is 413. The molecule has 0 spiro atoms. The zero-order chi connectivity index (χ0) is 15.1. The fourth-order valence-electron chi connectivity index (χ4n) is 1.99. The van der Waals surface area contributed by atoms with Crippen LogP contribution in [0.4, 0.5) is 0 Å². The molecule has 112 valence electrons. The van der Waals surface area contributed by atoms with Crippen molar-refractivity contribution in [1.29, 1.82) is 0 Å². The lowest BCUT2D eigenvalue weighted by Crippen LogP contribution is -2.28. The summed E-state index contributed by atoms with van der Waals surface area (Å²) in [6.07, 6.45) is 6.47. The zero-order valence-corrected chi connectivity index (χ0v) is 12.7. The van der Waals surface area contributed by atoms with Crippen LogP contribution in [0.25, 0.3) is 0 Å². The van der Waals surface area contributed by atoms with Crippen LogP contribution in [0.5, 0.6) is 0 Å². The van der Waals surface area contributed by atoms with Gasteiger partial charge in [-0.2, -0.15) is 0 Å². The van der Waals surface area contributed by atoms with Gasteiger partial charge in [0.2, 0.25) is 5.91 Å². The van der Waals surface area contributed by atoms with Gasteiger partial charge >= 0.3 is 5.97 Å². The minimum absolute atomic E-state index is 0.0552. The van der Waals surface area contributed by atoms with Crippen LogP contribution < -0.4 is 5.32 Å². The lowest BCUT2D eigenvalue weighted by atomic mass is 9.98. The number of carbonyl (C=O) groups is 2. The average Bonchev–Trinajstić information content (AvgIpc) is 2.31. The highest BCUT2D eigenvalue weighted by Crippen LogP contribution is 2.19. The summed E-state index contributed by atoms with van der Waals surface area (Å²) in [5.74, 6) is -0.225. The van der Waals surface area contributed by atoms with E-state index in [4.69, 9.17) is 4.74 Å². The highest BCUT2D eigenvalue weighted by Gasteiger charge is 2.21. The zero-order valence-electron chi connectivity index (χ0n) is 12.7. The summed E-state index contributed by atoms with van der Waals surface area (Å²) in [6.45, 7) is 4.30. The van der Waals surface area contributed by atoms with Gasteiger partial charge in [-0.05, 0) is 39.2 Å². The largest absolute Gasteiger partial charge is 0.457 e. The molecule has 0 aromatic heterocycles. The van der Waals surface area contributed by atoms with Gasteiger partial charge < -0.3 is 15.0 Å². The minimum Gasteiger partial charge on any atom is -0.457 e. The van der Waals surface area contributed by atoms with Crippen molar-refractivity contribution in [2.75, 3.05) is 20.6 Å². The van der Waals surface area contributed by atoms with E-state index in [1.165, 1.54) is 6.92 Å². The molecule has 1 N–H and O–H groups in total. The number of amides is 1. The molecule has 1 aliphatic carbocycles. The summed E-state index contributed by atoms with van der Waals surface area (Å²) in [5.41, 5.74) is 0.755. The molecule has 1 rings (SSSR count). The molecule has 0 aliphatic heterocycles. The van der Waals surface area contributed by atoms with Crippen molar-refractivity contribution in [3.8, 4) is 0 Å². The van der Waals surface area contributed by atoms with Crippen molar-refractivity contribution in [3.63, 3.8) is 0 Å². The molecular formula is C15H24N2O3. The van der Waals surface area contributed by atoms with E-state index in [1.807, 2.05) is 38.1 Å². The standard InChI is InChI=1S/C15H24N2O3/c1-11-10-13(16-12(2)18)7-8-14(11)20-15(19)6-5-9-17(3)4/h7-8,10-11,14H,5-6,9H2,1-4H3,(H,16,18). The fourth-order valence-corrected chi connectivity index (χ4v) is 1.99. The van der Waals surface area contributed by atoms with Crippen molar-refractivity contribution < 1.29 is 14.3 Å². The topological polar surface area (TPSA) is 58.6 Å². The van der Waals surface area contributed by atoms with Gasteiger partial charge in [0.05, 0.1) is 0 Å². The highest BCUT2D eigenvalue weighted by atomic mass is 16.5. The smallest absolute Gasteiger partial charge is 0.306 e. The molecule has 2 atom stereocenters. The first-order chi connectivity index (χ1) is 9.38. The minimum atomic E-state index is -0.251. The van der Waals surface area contributed by atoms with Crippen molar-refractivity contribution in [1.82, 2.24) is 10.2 Å². The van der Waals surface area contributed by atoms with Crippen LogP contribution in [0.1, 0.15) is 26.7 Å². The first kappa shape index (κ1) is 16.4. The predicted octanol–water partition coefficient (Wildman–Crippen LogP) is 1.47. The van der Waals surface area contributed by atoms with Gasteiger partial charge in [-0.3, -0.25) is 9.59 Å². The second-order valence-electron chi connectivity index (χ2n) is 5.38. The Kier molecular flexibility index (Phi) is 6.45. The molecule has 0 aromatic rings. The molecule has 5 heteroatoms. The monoisotopic (exact) mass is 280 g/mol. The second kappa shape index (κ2) is 7.85. The summed E-state index contributed by atoms with van der Waals surface area (Å²) < 4.78 is 5.44. The van der Waals surface area contributed by atoms with Gasteiger partial charge in [0.25, 0.3) is 0 Å². The number of ether oxygens (including phenoxy) is 1. The molecule has 0 aromatic carbocycles. The normalized spacial score (nSPS) is 21.6. The Morgan fingerprint density at radius 2 is 2.10 bits per heavy atom. The number of allylic oxidation sites excluding steroid dienone is 1. The lowest BCUT2D eigenvalue weighted by molar-refractivity contribution is -0.148. The molecule has 1 aliphatic rings.